The highest BCUT2D eigenvalue weighted by Crippen LogP contribution is 2.34. The first-order valence-electron chi connectivity index (χ1n) is 13.9. The molecule has 0 fully saturated rings. The summed E-state index contributed by atoms with van der Waals surface area (Å²) in [5.41, 5.74) is 3.11. The van der Waals surface area contributed by atoms with E-state index in [9.17, 15) is 14.4 Å². The monoisotopic (exact) mass is 573 g/mol. The van der Waals surface area contributed by atoms with Gasteiger partial charge in [0, 0.05) is 52.3 Å². The van der Waals surface area contributed by atoms with Crippen LogP contribution in [0.25, 0.3) is 10.9 Å². The number of carbonyl (C=O) groups is 3. The maximum atomic E-state index is 13.7. The Hall–Kier alpha value is -4.44. The van der Waals surface area contributed by atoms with Crippen LogP contribution in [-0.2, 0) is 16.6 Å². The van der Waals surface area contributed by atoms with Gasteiger partial charge in [-0.25, -0.2) is 0 Å². The van der Waals surface area contributed by atoms with E-state index in [-0.39, 0.29) is 47.4 Å². The van der Waals surface area contributed by atoms with Crippen molar-refractivity contribution in [3.8, 4) is 11.5 Å². The van der Waals surface area contributed by atoms with Crippen LogP contribution in [0.2, 0.25) is 0 Å². The summed E-state index contributed by atoms with van der Waals surface area (Å²) in [6, 6.07) is 10.3. The maximum Gasteiger partial charge on any atom is 0.269 e. The first-order chi connectivity index (χ1) is 19.9. The maximum absolute atomic E-state index is 13.7. The third kappa shape index (κ3) is 6.71. The summed E-state index contributed by atoms with van der Waals surface area (Å²) in [7, 11) is 6.59. The number of hydrogen-bond donors (Lipinski definition) is 3. The molecule has 3 aromatic rings. The van der Waals surface area contributed by atoms with Crippen molar-refractivity contribution in [1.82, 2.24) is 25.5 Å². The van der Waals surface area contributed by atoms with Gasteiger partial charge in [-0.05, 0) is 34.8 Å². The number of rotatable bonds is 8. The number of benzene rings is 1. The van der Waals surface area contributed by atoms with Crippen molar-refractivity contribution in [2.75, 3.05) is 21.2 Å². The number of nitrogens with one attached hydrogen (secondary N) is 3. The van der Waals surface area contributed by atoms with Crippen molar-refractivity contribution in [1.29, 1.82) is 0 Å². The molecule has 0 bridgehead atoms. The molecular formula is C32H39N5O5. The molecule has 1 aliphatic carbocycles. The molecule has 0 spiro atoms. The van der Waals surface area contributed by atoms with Crippen molar-refractivity contribution >= 4 is 28.6 Å². The number of carbonyl (C=O) groups excluding carboxylic acids is 3. The van der Waals surface area contributed by atoms with Crippen LogP contribution < -0.4 is 20.7 Å². The van der Waals surface area contributed by atoms with Crippen molar-refractivity contribution < 1.29 is 23.9 Å². The lowest BCUT2D eigenvalue weighted by molar-refractivity contribution is -0.120. The van der Waals surface area contributed by atoms with E-state index in [0.29, 0.717) is 23.6 Å². The van der Waals surface area contributed by atoms with Gasteiger partial charge in [-0.1, -0.05) is 45.1 Å². The van der Waals surface area contributed by atoms with E-state index in [1.807, 2.05) is 37.4 Å². The summed E-state index contributed by atoms with van der Waals surface area (Å²) >= 11 is 0. The number of allylic oxidation sites excluding steroid dienone is 2. The van der Waals surface area contributed by atoms with Gasteiger partial charge in [0.25, 0.3) is 11.8 Å². The van der Waals surface area contributed by atoms with Gasteiger partial charge < -0.3 is 30.0 Å². The standard InChI is InChI=1S/C32H39N5O5/c1-32(2,3)21-13-20(15-28(38)33-4)27(41-7)17-22(16-21)36-31(40)25-14-19-9-8-10-26(29(19)37(25)6)42-23-11-12-35-24(18-23)30(39)34-5/h8-14,16,18,22,27H,15,17H2,1-7H3,(H,33,38)(H,34,39)(H,36,40). The third-order valence-electron chi connectivity index (χ3n) is 7.38. The van der Waals surface area contributed by atoms with Gasteiger partial charge >= 0.3 is 0 Å². The molecule has 10 heteroatoms. The Morgan fingerprint density at radius 3 is 2.50 bits per heavy atom. The van der Waals surface area contributed by atoms with Crippen LogP contribution in [0, 0.1) is 5.41 Å². The minimum atomic E-state index is -0.337. The van der Waals surface area contributed by atoms with Crippen molar-refractivity contribution in [3.63, 3.8) is 0 Å². The lowest BCUT2D eigenvalue weighted by atomic mass is 9.84. The quantitative estimate of drug-likeness (QED) is 0.370. The summed E-state index contributed by atoms with van der Waals surface area (Å²) < 4.78 is 13.8. The molecule has 0 saturated carbocycles. The zero-order valence-electron chi connectivity index (χ0n) is 25.2. The molecule has 2 atom stereocenters. The molecule has 3 amide bonds. The average molecular weight is 574 g/mol. The fourth-order valence-electron chi connectivity index (χ4n) is 5.04. The molecule has 42 heavy (non-hydrogen) atoms. The number of methoxy groups -OCH3 is 1. The van der Waals surface area contributed by atoms with Crippen LogP contribution in [0.15, 0.2) is 65.9 Å². The van der Waals surface area contributed by atoms with E-state index >= 15 is 0 Å². The van der Waals surface area contributed by atoms with Crippen LogP contribution in [-0.4, -0.2) is 60.6 Å². The van der Waals surface area contributed by atoms with E-state index in [2.05, 4.69) is 47.8 Å². The lowest BCUT2D eigenvalue weighted by Crippen LogP contribution is -2.37. The molecule has 2 heterocycles. The fraction of sp³-hybridized carbons (Fsp3) is 0.375. The average Bonchev–Trinajstić information content (AvgIpc) is 3.20. The second-order valence-electron chi connectivity index (χ2n) is 11.3. The second kappa shape index (κ2) is 12.6. The van der Waals surface area contributed by atoms with Gasteiger partial charge in [-0.15, -0.1) is 0 Å². The molecule has 1 aliphatic rings. The predicted molar refractivity (Wildman–Crippen MR) is 162 cm³/mol. The number of pyridine rings is 1. The van der Waals surface area contributed by atoms with E-state index in [1.54, 1.807) is 37.9 Å². The molecule has 2 unspecified atom stereocenters. The number of aromatic nitrogens is 2. The highest BCUT2D eigenvalue weighted by Gasteiger charge is 2.29. The topological polar surface area (TPSA) is 124 Å². The number of para-hydroxylation sites is 1. The molecule has 3 N–H and O–H groups in total. The van der Waals surface area contributed by atoms with Gasteiger partial charge in [0.15, 0.2) is 5.75 Å². The number of hydrogen-bond acceptors (Lipinski definition) is 6. The number of nitrogens with zero attached hydrogens (tertiary/aromatic N) is 2. The molecule has 0 aliphatic heterocycles. The number of amides is 3. The van der Waals surface area contributed by atoms with E-state index < -0.39 is 0 Å². The second-order valence-corrected chi connectivity index (χ2v) is 11.3. The van der Waals surface area contributed by atoms with Crippen molar-refractivity contribution in [3.05, 3.63) is 77.3 Å². The van der Waals surface area contributed by atoms with Crippen molar-refractivity contribution in [2.24, 2.45) is 12.5 Å². The van der Waals surface area contributed by atoms with E-state index in [0.717, 1.165) is 22.0 Å². The Bertz CT molecular complexity index is 1560. The zero-order valence-corrected chi connectivity index (χ0v) is 25.2. The molecule has 2 aromatic heterocycles. The first-order valence-corrected chi connectivity index (χ1v) is 13.9. The van der Waals surface area contributed by atoms with Crippen LogP contribution in [0.4, 0.5) is 0 Å². The van der Waals surface area contributed by atoms with E-state index in [1.165, 1.54) is 6.20 Å². The van der Waals surface area contributed by atoms with Gasteiger partial charge in [0.1, 0.15) is 17.1 Å². The molecule has 1 aromatic carbocycles. The Balaban J connectivity index is 1.63. The Morgan fingerprint density at radius 2 is 1.83 bits per heavy atom. The SMILES string of the molecule is CNC(=O)CC1=CC(C(C)(C)C)=CC(NC(=O)c2cc3cccc(Oc4ccnc(C(=O)NC)c4)c3n2C)CC1OC. The van der Waals surface area contributed by atoms with Crippen LogP contribution in [0.5, 0.6) is 11.5 Å². The van der Waals surface area contributed by atoms with E-state index in [4.69, 9.17) is 9.47 Å². The molecular weight excluding hydrogens is 534 g/mol. The van der Waals surface area contributed by atoms with Gasteiger partial charge in [-0.3, -0.25) is 19.4 Å². The lowest BCUT2D eigenvalue weighted by Gasteiger charge is -2.23. The smallest absolute Gasteiger partial charge is 0.269 e. The minimum absolute atomic E-state index is 0.0933. The van der Waals surface area contributed by atoms with Crippen LogP contribution >= 0.6 is 0 Å². The van der Waals surface area contributed by atoms with Crippen LogP contribution in [0.3, 0.4) is 0 Å². The largest absolute Gasteiger partial charge is 0.455 e. The highest BCUT2D eigenvalue weighted by atomic mass is 16.5. The fourth-order valence-corrected chi connectivity index (χ4v) is 5.04. The van der Waals surface area contributed by atoms with Crippen LogP contribution in [0.1, 0.15) is 54.6 Å². The molecule has 4 rings (SSSR count). The zero-order chi connectivity index (χ0) is 30.6. The highest BCUT2D eigenvalue weighted by molar-refractivity contribution is 6.00. The summed E-state index contributed by atoms with van der Waals surface area (Å²) in [5, 5.41) is 9.26. The third-order valence-corrected chi connectivity index (χ3v) is 7.38. The Labute approximate surface area is 246 Å². The first kappa shape index (κ1) is 30.5. The molecule has 10 nitrogen and oxygen atoms in total. The van der Waals surface area contributed by atoms with Gasteiger partial charge in [-0.2, -0.15) is 0 Å². The predicted octanol–water partition coefficient (Wildman–Crippen LogP) is 4.28. The number of aryl methyl sites for hydroxylation is 1. The normalized spacial score (nSPS) is 17.1. The number of fused-ring (bicyclic) bond motifs is 1. The van der Waals surface area contributed by atoms with Gasteiger partial charge in [0.05, 0.1) is 24.1 Å². The summed E-state index contributed by atoms with van der Waals surface area (Å²) in [4.78, 5) is 42.1. The molecule has 222 valence electrons. The summed E-state index contributed by atoms with van der Waals surface area (Å²) in [6.45, 7) is 6.31. The minimum Gasteiger partial charge on any atom is -0.455 e. The molecule has 0 radical (unpaired) electrons. The summed E-state index contributed by atoms with van der Waals surface area (Å²) in [5.74, 6) is 0.335. The van der Waals surface area contributed by atoms with Gasteiger partial charge in [0.2, 0.25) is 5.91 Å². The Kier molecular flexibility index (Phi) is 9.16. The summed E-state index contributed by atoms with van der Waals surface area (Å²) in [6.07, 6.45) is 5.97. The molecule has 0 saturated heterocycles. The number of ether oxygens (including phenoxy) is 2. The van der Waals surface area contributed by atoms with Crippen molar-refractivity contribution in [2.45, 2.75) is 45.8 Å². The Morgan fingerprint density at radius 1 is 1.07 bits per heavy atom.